The Kier molecular flexibility index (Phi) is 6.22. The van der Waals surface area contributed by atoms with Crippen molar-refractivity contribution in [2.45, 2.75) is 13.5 Å². The second-order valence-electron chi connectivity index (χ2n) is 3.75. The van der Waals surface area contributed by atoms with E-state index in [1.54, 1.807) is 0 Å². The molecule has 0 aliphatic heterocycles. The minimum atomic E-state index is -0.603. The van der Waals surface area contributed by atoms with Gasteiger partial charge in [0, 0.05) is 25.5 Å². The number of alkyl halides is 1. The van der Waals surface area contributed by atoms with Crippen molar-refractivity contribution in [1.82, 2.24) is 10.2 Å². The van der Waals surface area contributed by atoms with Crippen molar-refractivity contribution in [2.24, 2.45) is 0 Å². The Bertz CT molecular complexity index is 395. The fourth-order valence-corrected chi connectivity index (χ4v) is 1.61. The van der Waals surface area contributed by atoms with Gasteiger partial charge >= 0.3 is 11.8 Å². The summed E-state index contributed by atoms with van der Waals surface area (Å²) in [5.41, 5.74) is 0.998. The molecule has 98 valence electrons. The van der Waals surface area contributed by atoms with Crippen molar-refractivity contribution < 1.29 is 9.59 Å². The van der Waals surface area contributed by atoms with Crippen LogP contribution in [0.3, 0.4) is 0 Å². The Labute approximate surface area is 112 Å². The molecule has 4 nitrogen and oxygen atoms in total. The molecule has 0 atom stereocenters. The van der Waals surface area contributed by atoms with Gasteiger partial charge in [-0.2, -0.15) is 0 Å². The highest BCUT2D eigenvalue weighted by molar-refractivity contribution is 6.35. The summed E-state index contributed by atoms with van der Waals surface area (Å²) in [7, 11) is 0. The number of amides is 2. The van der Waals surface area contributed by atoms with E-state index < -0.39 is 11.8 Å². The first-order chi connectivity index (χ1) is 8.69. The standard InChI is InChI=1S/C13H17ClN2O2/c1-2-16(10-11-6-4-3-5-7-11)13(18)12(17)15-9-8-14/h3-7H,2,8-10H2,1H3,(H,15,17). The summed E-state index contributed by atoms with van der Waals surface area (Å²) in [6.07, 6.45) is 0. The minimum Gasteiger partial charge on any atom is -0.347 e. The normalized spacial score (nSPS) is 9.89. The molecular formula is C13H17ClN2O2. The molecule has 0 radical (unpaired) electrons. The van der Waals surface area contributed by atoms with Gasteiger partial charge in [-0.1, -0.05) is 30.3 Å². The SMILES string of the molecule is CCN(Cc1ccccc1)C(=O)C(=O)NCCCl. The summed E-state index contributed by atoms with van der Waals surface area (Å²) in [6.45, 7) is 3.07. The molecule has 0 aromatic heterocycles. The van der Waals surface area contributed by atoms with Crippen molar-refractivity contribution in [2.75, 3.05) is 19.0 Å². The van der Waals surface area contributed by atoms with Crippen LogP contribution in [0.5, 0.6) is 0 Å². The molecule has 1 N–H and O–H groups in total. The van der Waals surface area contributed by atoms with Gasteiger partial charge in [0.25, 0.3) is 0 Å². The number of hydrogen-bond donors (Lipinski definition) is 1. The second kappa shape index (κ2) is 7.71. The molecule has 0 aliphatic carbocycles. The van der Waals surface area contributed by atoms with Gasteiger partial charge in [0.2, 0.25) is 0 Å². The van der Waals surface area contributed by atoms with Crippen LogP contribution < -0.4 is 5.32 Å². The maximum Gasteiger partial charge on any atom is 0.312 e. The average molecular weight is 269 g/mol. The number of hydrogen-bond acceptors (Lipinski definition) is 2. The second-order valence-corrected chi connectivity index (χ2v) is 4.13. The zero-order valence-electron chi connectivity index (χ0n) is 10.4. The highest BCUT2D eigenvalue weighted by atomic mass is 35.5. The monoisotopic (exact) mass is 268 g/mol. The molecule has 0 fully saturated rings. The van der Waals surface area contributed by atoms with Crippen LogP contribution in [0.25, 0.3) is 0 Å². The summed E-state index contributed by atoms with van der Waals surface area (Å²) in [5, 5.41) is 2.47. The van der Waals surface area contributed by atoms with E-state index in [1.807, 2.05) is 37.3 Å². The van der Waals surface area contributed by atoms with Crippen molar-refractivity contribution >= 4 is 23.4 Å². The van der Waals surface area contributed by atoms with E-state index in [0.717, 1.165) is 5.56 Å². The Morgan fingerprint density at radius 1 is 1.28 bits per heavy atom. The Morgan fingerprint density at radius 3 is 2.50 bits per heavy atom. The van der Waals surface area contributed by atoms with Crippen LogP contribution in [0.1, 0.15) is 12.5 Å². The molecular weight excluding hydrogens is 252 g/mol. The van der Waals surface area contributed by atoms with Crippen LogP contribution in [0.2, 0.25) is 0 Å². The lowest BCUT2D eigenvalue weighted by atomic mass is 10.2. The minimum absolute atomic E-state index is 0.295. The van der Waals surface area contributed by atoms with Gasteiger partial charge < -0.3 is 10.2 Å². The summed E-state index contributed by atoms with van der Waals surface area (Å²) >= 11 is 5.45. The fraction of sp³-hybridized carbons (Fsp3) is 0.385. The van der Waals surface area contributed by atoms with E-state index in [4.69, 9.17) is 11.6 Å². The zero-order chi connectivity index (χ0) is 13.4. The van der Waals surface area contributed by atoms with E-state index in [2.05, 4.69) is 5.32 Å². The number of carbonyl (C=O) groups excluding carboxylic acids is 2. The summed E-state index contributed by atoms with van der Waals surface area (Å²) in [5.74, 6) is -0.830. The van der Waals surface area contributed by atoms with Crippen LogP contribution in [-0.4, -0.2) is 35.7 Å². The van der Waals surface area contributed by atoms with Crippen LogP contribution in [-0.2, 0) is 16.1 Å². The van der Waals surface area contributed by atoms with Gasteiger partial charge in [-0.05, 0) is 12.5 Å². The van der Waals surface area contributed by atoms with Gasteiger partial charge in [0.05, 0.1) is 0 Å². The molecule has 0 unspecified atom stereocenters. The molecule has 0 heterocycles. The maximum atomic E-state index is 11.9. The van der Waals surface area contributed by atoms with E-state index in [-0.39, 0.29) is 0 Å². The molecule has 2 amide bonds. The number of carbonyl (C=O) groups is 2. The third-order valence-electron chi connectivity index (χ3n) is 2.46. The number of rotatable bonds is 5. The third kappa shape index (κ3) is 4.37. The highest BCUT2D eigenvalue weighted by Crippen LogP contribution is 2.04. The Morgan fingerprint density at radius 2 is 1.94 bits per heavy atom. The van der Waals surface area contributed by atoms with Gasteiger partial charge in [-0.3, -0.25) is 9.59 Å². The summed E-state index contributed by atoms with van der Waals surface area (Å²) in [4.78, 5) is 24.9. The quantitative estimate of drug-likeness (QED) is 0.648. The summed E-state index contributed by atoms with van der Waals surface area (Å²) < 4.78 is 0. The number of nitrogens with zero attached hydrogens (tertiary/aromatic N) is 1. The molecule has 18 heavy (non-hydrogen) atoms. The topological polar surface area (TPSA) is 49.4 Å². The first-order valence-electron chi connectivity index (χ1n) is 5.86. The molecule has 1 aromatic rings. The van der Waals surface area contributed by atoms with E-state index in [0.29, 0.717) is 25.5 Å². The molecule has 0 bridgehead atoms. The number of likely N-dealkylation sites (N-methyl/N-ethyl adjacent to an activating group) is 1. The van der Waals surface area contributed by atoms with Crippen molar-refractivity contribution in [3.8, 4) is 0 Å². The molecule has 1 rings (SSSR count). The van der Waals surface area contributed by atoms with E-state index >= 15 is 0 Å². The molecule has 0 aliphatic rings. The number of halogens is 1. The predicted molar refractivity (Wildman–Crippen MR) is 71.3 cm³/mol. The van der Waals surface area contributed by atoms with Crippen LogP contribution >= 0.6 is 11.6 Å². The van der Waals surface area contributed by atoms with Crippen molar-refractivity contribution in [1.29, 1.82) is 0 Å². The maximum absolute atomic E-state index is 11.9. The van der Waals surface area contributed by atoms with Crippen LogP contribution in [0.15, 0.2) is 30.3 Å². The third-order valence-corrected chi connectivity index (χ3v) is 2.65. The lowest BCUT2D eigenvalue weighted by Crippen LogP contribution is -2.43. The molecule has 1 aromatic carbocycles. The smallest absolute Gasteiger partial charge is 0.312 e. The first kappa shape index (κ1) is 14.5. The summed E-state index contributed by atoms with van der Waals surface area (Å²) in [6, 6.07) is 9.57. The fourth-order valence-electron chi connectivity index (χ4n) is 1.51. The first-order valence-corrected chi connectivity index (χ1v) is 6.39. The van der Waals surface area contributed by atoms with Crippen LogP contribution in [0.4, 0.5) is 0 Å². The van der Waals surface area contributed by atoms with Gasteiger partial charge in [0.1, 0.15) is 0 Å². The van der Waals surface area contributed by atoms with E-state index in [1.165, 1.54) is 4.90 Å². The molecule has 5 heteroatoms. The highest BCUT2D eigenvalue weighted by Gasteiger charge is 2.19. The molecule has 0 saturated carbocycles. The van der Waals surface area contributed by atoms with Crippen molar-refractivity contribution in [3.63, 3.8) is 0 Å². The van der Waals surface area contributed by atoms with Gasteiger partial charge in [0.15, 0.2) is 0 Å². The van der Waals surface area contributed by atoms with E-state index in [9.17, 15) is 9.59 Å². The van der Waals surface area contributed by atoms with Crippen LogP contribution in [0, 0.1) is 0 Å². The lowest BCUT2D eigenvalue weighted by molar-refractivity contribution is -0.146. The largest absolute Gasteiger partial charge is 0.347 e. The van der Waals surface area contributed by atoms with Gasteiger partial charge in [-0.15, -0.1) is 11.6 Å². The average Bonchev–Trinajstić information content (AvgIpc) is 2.42. The predicted octanol–water partition coefficient (Wildman–Crippen LogP) is 1.39. The van der Waals surface area contributed by atoms with Crippen molar-refractivity contribution in [3.05, 3.63) is 35.9 Å². The molecule has 0 saturated heterocycles. The number of benzene rings is 1. The molecule has 0 spiro atoms. The Balaban J connectivity index is 2.60. The Hall–Kier alpha value is -1.55. The lowest BCUT2D eigenvalue weighted by Gasteiger charge is -2.20. The zero-order valence-corrected chi connectivity index (χ0v) is 11.1. The number of nitrogens with one attached hydrogen (secondary N) is 1. The van der Waals surface area contributed by atoms with Gasteiger partial charge in [-0.25, -0.2) is 0 Å².